The smallest absolute Gasteiger partial charge is 0.244 e. The van der Waals surface area contributed by atoms with Gasteiger partial charge in [-0.15, -0.1) is 11.6 Å². The highest BCUT2D eigenvalue weighted by molar-refractivity contribution is 6.42. The Morgan fingerprint density at radius 2 is 2.08 bits per heavy atom. The van der Waals surface area contributed by atoms with E-state index in [1.54, 1.807) is 12.1 Å². The van der Waals surface area contributed by atoms with Crippen LogP contribution in [-0.2, 0) is 4.79 Å². The van der Waals surface area contributed by atoms with Crippen LogP contribution in [0.2, 0.25) is 10.0 Å². The van der Waals surface area contributed by atoms with E-state index in [1.807, 2.05) is 31.2 Å². The highest BCUT2D eigenvalue weighted by atomic mass is 35.5. The highest BCUT2D eigenvalue weighted by Gasteiger charge is 2.51. The zero-order valence-electron chi connectivity index (χ0n) is 14.1. The fourth-order valence-electron chi connectivity index (χ4n) is 2.44. The minimum absolute atomic E-state index is 0.0775. The maximum Gasteiger partial charge on any atom is 0.244 e. The molecular formula is C19H22Cl3NO. The third-order valence-electron chi connectivity index (χ3n) is 3.95. The Bertz CT molecular complexity index is 681. The van der Waals surface area contributed by atoms with Gasteiger partial charge in [-0.05, 0) is 42.5 Å². The first-order chi connectivity index (χ1) is 11.2. The number of hydrogen-bond donors (Lipinski definition) is 1. The normalized spacial score (nSPS) is 23.8. The van der Waals surface area contributed by atoms with Gasteiger partial charge in [-0.1, -0.05) is 55.3 Å². The zero-order chi connectivity index (χ0) is 17.9. The second-order valence-corrected chi connectivity index (χ2v) is 8.24. The van der Waals surface area contributed by atoms with Crippen LogP contribution >= 0.6 is 34.8 Å². The summed E-state index contributed by atoms with van der Waals surface area (Å²) >= 11 is 18.6. The molecule has 2 rings (SSSR count). The summed E-state index contributed by atoms with van der Waals surface area (Å²) in [6.07, 6.45) is 6.30. The van der Waals surface area contributed by atoms with Crippen molar-refractivity contribution in [3.8, 4) is 0 Å². The van der Waals surface area contributed by atoms with Gasteiger partial charge in [0.1, 0.15) is 0 Å². The summed E-state index contributed by atoms with van der Waals surface area (Å²) in [5, 5.41) is 3.95. The van der Waals surface area contributed by atoms with E-state index in [0.717, 1.165) is 17.6 Å². The summed E-state index contributed by atoms with van der Waals surface area (Å²) in [4.78, 5) is 11.4. The molecule has 1 saturated carbocycles. The van der Waals surface area contributed by atoms with Crippen LogP contribution in [-0.4, -0.2) is 17.3 Å². The number of nitrogens with one attached hydrogen (secondary N) is 1. The molecule has 5 heteroatoms. The van der Waals surface area contributed by atoms with Crippen LogP contribution in [0, 0.1) is 5.92 Å². The molecule has 0 bridgehead atoms. The molecule has 1 aromatic carbocycles. The van der Waals surface area contributed by atoms with Crippen molar-refractivity contribution in [1.82, 2.24) is 5.32 Å². The van der Waals surface area contributed by atoms with Crippen molar-refractivity contribution < 1.29 is 4.79 Å². The van der Waals surface area contributed by atoms with Gasteiger partial charge in [-0.2, -0.15) is 0 Å². The summed E-state index contributed by atoms with van der Waals surface area (Å²) < 4.78 is 0. The van der Waals surface area contributed by atoms with E-state index in [4.69, 9.17) is 34.8 Å². The van der Waals surface area contributed by atoms with Crippen molar-refractivity contribution in [2.24, 2.45) is 5.92 Å². The van der Waals surface area contributed by atoms with Crippen LogP contribution in [0.4, 0.5) is 0 Å². The molecule has 1 aliphatic carbocycles. The number of amides is 1. The molecule has 0 radical (unpaired) electrons. The monoisotopic (exact) mass is 385 g/mol. The first kappa shape index (κ1) is 19.4. The fourth-order valence-corrected chi connectivity index (χ4v) is 3.09. The standard InChI is InChI=1S/C19H22Cl3NO/c1-12(2)11-23-18(24)8-13(3)6-7-19(22)10-15(19)14-4-5-16(20)17(21)9-14/h4-9,12,15H,10-11H2,1-3H3,(H,23,24)/b7-6+,13-8+. The van der Waals surface area contributed by atoms with E-state index in [1.165, 1.54) is 0 Å². The number of halogens is 3. The molecule has 1 N–H and O–H groups in total. The molecule has 0 aliphatic heterocycles. The van der Waals surface area contributed by atoms with E-state index in [2.05, 4.69) is 19.2 Å². The second kappa shape index (κ2) is 7.95. The predicted octanol–water partition coefficient (Wildman–Crippen LogP) is 5.73. The summed E-state index contributed by atoms with van der Waals surface area (Å²) in [6.45, 7) is 6.68. The van der Waals surface area contributed by atoms with E-state index in [-0.39, 0.29) is 11.8 Å². The van der Waals surface area contributed by atoms with Crippen molar-refractivity contribution in [3.05, 3.63) is 57.6 Å². The first-order valence-corrected chi connectivity index (χ1v) is 9.14. The Kier molecular flexibility index (Phi) is 6.41. The van der Waals surface area contributed by atoms with Crippen molar-refractivity contribution >= 4 is 40.7 Å². The third kappa shape index (κ3) is 5.27. The summed E-state index contributed by atoms with van der Waals surface area (Å²) in [5.74, 6) is 0.571. The number of hydrogen-bond acceptors (Lipinski definition) is 1. The van der Waals surface area contributed by atoms with E-state index >= 15 is 0 Å². The van der Waals surface area contributed by atoms with E-state index in [0.29, 0.717) is 22.5 Å². The largest absolute Gasteiger partial charge is 0.352 e. The molecule has 2 nitrogen and oxygen atoms in total. The Hall–Kier alpha value is -0.960. The van der Waals surface area contributed by atoms with Crippen molar-refractivity contribution in [2.45, 2.75) is 38.0 Å². The van der Waals surface area contributed by atoms with Gasteiger partial charge in [-0.25, -0.2) is 0 Å². The molecule has 2 atom stereocenters. The van der Waals surface area contributed by atoms with Gasteiger partial charge in [0, 0.05) is 18.5 Å². The van der Waals surface area contributed by atoms with Gasteiger partial charge >= 0.3 is 0 Å². The molecule has 0 heterocycles. The van der Waals surface area contributed by atoms with Gasteiger partial charge in [0.2, 0.25) is 5.91 Å². The van der Waals surface area contributed by atoms with Gasteiger partial charge < -0.3 is 5.32 Å². The Morgan fingerprint density at radius 1 is 1.38 bits per heavy atom. The van der Waals surface area contributed by atoms with E-state index in [9.17, 15) is 4.79 Å². The quantitative estimate of drug-likeness (QED) is 0.377. The molecule has 0 aromatic heterocycles. The Labute approximate surface area is 158 Å². The number of carbonyl (C=O) groups excluding carboxylic acids is 1. The predicted molar refractivity (Wildman–Crippen MR) is 103 cm³/mol. The minimum atomic E-state index is -0.416. The summed E-state index contributed by atoms with van der Waals surface area (Å²) in [5.41, 5.74) is 1.96. The lowest BCUT2D eigenvalue weighted by Gasteiger charge is -2.06. The molecule has 130 valence electrons. The molecule has 1 amide bonds. The average molecular weight is 387 g/mol. The lowest BCUT2D eigenvalue weighted by atomic mass is 10.1. The number of benzene rings is 1. The summed E-state index contributed by atoms with van der Waals surface area (Å²) in [7, 11) is 0. The average Bonchev–Trinajstić information content (AvgIpc) is 3.18. The molecule has 1 aliphatic rings. The molecule has 0 saturated heterocycles. The molecule has 2 unspecified atom stereocenters. The molecule has 24 heavy (non-hydrogen) atoms. The van der Waals surface area contributed by atoms with Gasteiger partial charge in [0.15, 0.2) is 0 Å². The van der Waals surface area contributed by atoms with Crippen LogP contribution in [0.5, 0.6) is 0 Å². The first-order valence-electron chi connectivity index (χ1n) is 8.00. The Morgan fingerprint density at radius 3 is 2.71 bits per heavy atom. The topological polar surface area (TPSA) is 29.1 Å². The van der Waals surface area contributed by atoms with Gasteiger partial charge in [0.25, 0.3) is 0 Å². The SMILES string of the molecule is CC(/C=C/C1(Cl)CC1c1ccc(Cl)c(Cl)c1)=C\C(=O)NCC(C)C. The molecule has 1 fully saturated rings. The highest BCUT2D eigenvalue weighted by Crippen LogP contribution is 2.58. The zero-order valence-corrected chi connectivity index (χ0v) is 16.3. The van der Waals surface area contributed by atoms with Crippen LogP contribution in [0.3, 0.4) is 0 Å². The lowest BCUT2D eigenvalue weighted by molar-refractivity contribution is -0.116. The maximum atomic E-state index is 11.8. The van der Waals surface area contributed by atoms with Crippen molar-refractivity contribution in [2.75, 3.05) is 6.54 Å². The lowest BCUT2D eigenvalue weighted by Crippen LogP contribution is -2.25. The van der Waals surface area contributed by atoms with Gasteiger partial charge in [0.05, 0.1) is 14.9 Å². The second-order valence-electron chi connectivity index (χ2n) is 6.72. The van der Waals surface area contributed by atoms with Crippen molar-refractivity contribution in [3.63, 3.8) is 0 Å². The number of rotatable bonds is 6. The Balaban J connectivity index is 1.96. The molecule has 1 aromatic rings. The molecular weight excluding hydrogens is 365 g/mol. The third-order valence-corrected chi connectivity index (χ3v) is 5.23. The van der Waals surface area contributed by atoms with E-state index < -0.39 is 4.87 Å². The maximum absolute atomic E-state index is 11.8. The molecule has 0 spiro atoms. The number of alkyl halides is 1. The number of allylic oxidation sites excluding steroid dienone is 3. The fraction of sp³-hybridized carbons (Fsp3) is 0.421. The van der Waals surface area contributed by atoms with Crippen LogP contribution < -0.4 is 5.32 Å². The van der Waals surface area contributed by atoms with Crippen molar-refractivity contribution in [1.29, 1.82) is 0 Å². The van der Waals surface area contributed by atoms with Crippen LogP contribution in [0.25, 0.3) is 0 Å². The van der Waals surface area contributed by atoms with Crippen LogP contribution in [0.1, 0.15) is 38.7 Å². The minimum Gasteiger partial charge on any atom is -0.352 e. The summed E-state index contributed by atoms with van der Waals surface area (Å²) in [6, 6.07) is 5.62. The van der Waals surface area contributed by atoms with Crippen LogP contribution in [0.15, 0.2) is 42.0 Å². The number of carbonyl (C=O) groups is 1. The van der Waals surface area contributed by atoms with Gasteiger partial charge in [-0.3, -0.25) is 4.79 Å².